The number of hydrogen-bond donors (Lipinski definition) is 1. The molecule has 0 amide bonds. The summed E-state index contributed by atoms with van der Waals surface area (Å²) in [7, 11) is 3.14. The number of para-hydroxylation sites is 1. The zero-order valence-electron chi connectivity index (χ0n) is 13.7. The third kappa shape index (κ3) is 2.65. The number of carbonyl (C=O) groups is 1. The number of pyridine rings is 1. The maximum atomic E-state index is 11.7. The van der Waals surface area contributed by atoms with E-state index in [4.69, 9.17) is 9.47 Å². The highest BCUT2D eigenvalue weighted by Gasteiger charge is 2.16. The molecule has 1 heterocycles. The van der Waals surface area contributed by atoms with E-state index in [9.17, 15) is 9.90 Å². The number of ether oxygens (including phenoxy) is 2. The van der Waals surface area contributed by atoms with E-state index >= 15 is 0 Å². The van der Waals surface area contributed by atoms with Gasteiger partial charge in [-0.2, -0.15) is 0 Å². The van der Waals surface area contributed by atoms with E-state index in [1.54, 1.807) is 44.6 Å². The molecule has 0 unspecified atom stereocenters. The van der Waals surface area contributed by atoms with Crippen molar-refractivity contribution in [1.29, 1.82) is 0 Å². The molecule has 1 N–H and O–H groups in total. The lowest BCUT2D eigenvalue weighted by Gasteiger charge is -2.13. The normalized spacial score (nSPS) is 10.6. The summed E-state index contributed by atoms with van der Waals surface area (Å²) in [5, 5.41) is 10.2. The highest BCUT2D eigenvalue weighted by atomic mass is 16.5. The van der Waals surface area contributed by atoms with Crippen LogP contribution in [0, 0.1) is 6.92 Å². The van der Waals surface area contributed by atoms with E-state index in [1.165, 1.54) is 0 Å². The van der Waals surface area contributed by atoms with Gasteiger partial charge in [0.05, 0.1) is 31.0 Å². The zero-order chi connectivity index (χ0) is 17.3. The Hall–Kier alpha value is -3.08. The first-order valence-electron chi connectivity index (χ1n) is 7.41. The van der Waals surface area contributed by atoms with Gasteiger partial charge in [0, 0.05) is 10.9 Å². The van der Waals surface area contributed by atoms with Gasteiger partial charge < -0.3 is 14.6 Å². The predicted molar refractivity (Wildman–Crippen MR) is 92.0 cm³/mol. The van der Waals surface area contributed by atoms with Crippen molar-refractivity contribution in [2.24, 2.45) is 0 Å². The van der Waals surface area contributed by atoms with Crippen LogP contribution in [-0.2, 0) is 0 Å². The number of carboxylic acid groups (broad SMARTS) is 1. The van der Waals surface area contributed by atoms with Gasteiger partial charge >= 0.3 is 5.97 Å². The minimum Gasteiger partial charge on any atom is -0.497 e. The van der Waals surface area contributed by atoms with Gasteiger partial charge in [0.25, 0.3) is 0 Å². The monoisotopic (exact) mass is 323 g/mol. The minimum absolute atomic E-state index is 0.212. The van der Waals surface area contributed by atoms with Gasteiger partial charge in [-0.15, -0.1) is 0 Å². The molecule has 0 radical (unpaired) electrons. The summed E-state index contributed by atoms with van der Waals surface area (Å²) in [5.74, 6) is 0.262. The van der Waals surface area contributed by atoms with Gasteiger partial charge in [0.2, 0.25) is 0 Å². The van der Waals surface area contributed by atoms with E-state index in [-0.39, 0.29) is 5.56 Å². The second-order valence-corrected chi connectivity index (χ2v) is 5.40. The second-order valence-electron chi connectivity index (χ2n) is 5.40. The lowest BCUT2D eigenvalue weighted by Crippen LogP contribution is -2.02. The predicted octanol–water partition coefficient (Wildman–Crippen LogP) is 3.93. The summed E-state index contributed by atoms with van der Waals surface area (Å²) >= 11 is 0. The smallest absolute Gasteiger partial charge is 0.336 e. The topological polar surface area (TPSA) is 68.7 Å². The van der Waals surface area contributed by atoms with Crippen LogP contribution in [0.3, 0.4) is 0 Å². The molecular weight excluding hydrogens is 306 g/mol. The quantitative estimate of drug-likeness (QED) is 0.788. The Bertz CT molecular complexity index is 934. The van der Waals surface area contributed by atoms with Crippen LogP contribution in [-0.4, -0.2) is 30.3 Å². The number of hydrogen-bond acceptors (Lipinski definition) is 4. The number of benzene rings is 2. The highest BCUT2D eigenvalue weighted by Crippen LogP contribution is 2.34. The summed E-state index contributed by atoms with van der Waals surface area (Å²) in [6.45, 7) is 1.91. The van der Waals surface area contributed by atoms with Gasteiger partial charge in [-0.05, 0) is 36.8 Å². The summed E-state index contributed by atoms with van der Waals surface area (Å²) in [6.07, 6.45) is 0. The summed E-state index contributed by atoms with van der Waals surface area (Å²) in [6, 6.07) is 12.4. The molecule has 0 aliphatic carbocycles. The van der Waals surface area contributed by atoms with Crippen molar-refractivity contribution < 1.29 is 19.4 Å². The molecule has 0 atom stereocenters. The lowest BCUT2D eigenvalue weighted by atomic mass is 10.0. The van der Waals surface area contributed by atoms with E-state index in [0.29, 0.717) is 33.7 Å². The maximum absolute atomic E-state index is 11.7. The van der Waals surface area contributed by atoms with Gasteiger partial charge in [-0.3, -0.25) is 0 Å². The molecule has 5 nitrogen and oxygen atoms in total. The number of fused-ring (bicyclic) bond motifs is 1. The maximum Gasteiger partial charge on any atom is 0.336 e. The molecule has 3 rings (SSSR count). The summed E-state index contributed by atoms with van der Waals surface area (Å²) in [4.78, 5) is 16.4. The molecule has 122 valence electrons. The molecule has 2 aromatic carbocycles. The van der Waals surface area contributed by atoms with E-state index < -0.39 is 5.97 Å². The first-order valence-corrected chi connectivity index (χ1v) is 7.41. The van der Waals surface area contributed by atoms with Crippen LogP contribution >= 0.6 is 0 Å². The average molecular weight is 323 g/mol. The van der Waals surface area contributed by atoms with Crippen LogP contribution in [0.2, 0.25) is 0 Å². The van der Waals surface area contributed by atoms with Gasteiger partial charge in [0.1, 0.15) is 11.5 Å². The Morgan fingerprint density at radius 3 is 2.54 bits per heavy atom. The van der Waals surface area contributed by atoms with Crippen LogP contribution < -0.4 is 9.47 Å². The van der Waals surface area contributed by atoms with E-state index in [0.717, 1.165) is 5.56 Å². The molecule has 3 aromatic rings. The SMILES string of the molecule is COc1ccc(OC)c(-c2cc(C(=O)O)c3cccc(C)c3n2)c1. The number of nitrogens with zero attached hydrogens (tertiary/aromatic N) is 1. The number of aromatic nitrogens is 1. The van der Waals surface area contributed by atoms with Gasteiger partial charge in [0.15, 0.2) is 0 Å². The fourth-order valence-electron chi connectivity index (χ4n) is 2.72. The summed E-state index contributed by atoms with van der Waals surface area (Å²) in [5.41, 5.74) is 3.01. The van der Waals surface area contributed by atoms with Crippen LogP contribution in [0.15, 0.2) is 42.5 Å². The third-order valence-electron chi connectivity index (χ3n) is 3.95. The van der Waals surface area contributed by atoms with Gasteiger partial charge in [-0.25, -0.2) is 9.78 Å². The number of rotatable bonds is 4. The zero-order valence-corrected chi connectivity index (χ0v) is 13.7. The highest BCUT2D eigenvalue weighted by molar-refractivity contribution is 6.04. The molecule has 0 fully saturated rings. The largest absolute Gasteiger partial charge is 0.497 e. The number of aryl methyl sites for hydroxylation is 1. The summed E-state index contributed by atoms with van der Waals surface area (Å²) < 4.78 is 10.7. The Labute approximate surface area is 139 Å². The molecule has 0 aliphatic heterocycles. The Morgan fingerprint density at radius 2 is 1.88 bits per heavy atom. The lowest BCUT2D eigenvalue weighted by molar-refractivity contribution is 0.0699. The molecule has 5 heteroatoms. The van der Waals surface area contributed by atoms with Crippen LogP contribution in [0.1, 0.15) is 15.9 Å². The van der Waals surface area contributed by atoms with Gasteiger partial charge in [-0.1, -0.05) is 18.2 Å². The van der Waals surface area contributed by atoms with Crippen molar-refractivity contribution in [3.63, 3.8) is 0 Å². The van der Waals surface area contributed by atoms with Crippen LogP contribution in [0.25, 0.3) is 22.2 Å². The molecule has 24 heavy (non-hydrogen) atoms. The van der Waals surface area contributed by atoms with Crippen LogP contribution in [0.5, 0.6) is 11.5 Å². The average Bonchev–Trinajstić information content (AvgIpc) is 2.60. The molecule has 0 aliphatic rings. The first-order chi connectivity index (χ1) is 11.5. The standard InChI is InChI=1S/C19H17NO4/c1-11-5-4-6-13-14(19(21)22)10-16(20-18(11)13)15-9-12(23-2)7-8-17(15)24-3/h4-10H,1-3H3,(H,21,22). The van der Waals surface area contributed by atoms with Crippen molar-refractivity contribution in [2.75, 3.05) is 14.2 Å². The van der Waals surface area contributed by atoms with Crippen molar-refractivity contribution >= 4 is 16.9 Å². The Balaban J connectivity index is 2.35. The number of methoxy groups -OCH3 is 2. The molecule has 0 saturated heterocycles. The third-order valence-corrected chi connectivity index (χ3v) is 3.95. The Kier molecular flexibility index (Phi) is 4.08. The number of aromatic carboxylic acids is 1. The van der Waals surface area contributed by atoms with E-state index in [1.807, 2.05) is 19.1 Å². The molecular formula is C19H17NO4. The fraction of sp³-hybridized carbons (Fsp3) is 0.158. The minimum atomic E-state index is -0.990. The molecule has 0 saturated carbocycles. The van der Waals surface area contributed by atoms with E-state index in [2.05, 4.69) is 4.98 Å². The molecule has 0 spiro atoms. The van der Waals surface area contributed by atoms with Crippen molar-refractivity contribution in [1.82, 2.24) is 4.98 Å². The second kappa shape index (κ2) is 6.20. The molecule has 0 bridgehead atoms. The van der Waals surface area contributed by atoms with Crippen molar-refractivity contribution in [2.45, 2.75) is 6.92 Å². The van der Waals surface area contributed by atoms with Crippen LogP contribution in [0.4, 0.5) is 0 Å². The molecule has 1 aromatic heterocycles. The Morgan fingerprint density at radius 1 is 1.08 bits per heavy atom. The van der Waals surface area contributed by atoms with Crippen molar-refractivity contribution in [3.05, 3.63) is 53.6 Å². The number of carboxylic acids is 1. The first kappa shape index (κ1) is 15.8. The fourth-order valence-corrected chi connectivity index (χ4v) is 2.72. The van der Waals surface area contributed by atoms with Crippen molar-refractivity contribution in [3.8, 4) is 22.8 Å².